The Bertz CT molecular complexity index is 440. The molecule has 1 aliphatic carbocycles. The minimum Gasteiger partial charge on any atom is -0.352 e. The number of aromatic nitrogens is 1. The first-order chi connectivity index (χ1) is 8.08. The molecule has 92 valence electrons. The zero-order valence-electron chi connectivity index (χ0n) is 9.90. The van der Waals surface area contributed by atoms with Crippen LogP contribution in [0.1, 0.15) is 28.2 Å². The van der Waals surface area contributed by atoms with Crippen LogP contribution in [0.4, 0.5) is 0 Å². The number of likely N-dealkylation sites (N-methyl/N-ethyl adjacent to an activating group) is 1. The SMILES string of the molecule is Cc1ncsc1C(=O)N(C)CC(=O)NC1CC1. The van der Waals surface area contributed by atoms with Crippen LogP contribution >= 0.6 is 11.3 Å². The number of nitrogens with one attached hydrogen (secondary N) is 1. The Kier molecular flexibility index (Phi) is 3.42. The van der Waals surface area contributed by atoms with Gasteiger partial charge in [-0.2, -0.15) is 0 Å². The van der Waals surface area contributed by atoms with Crippen molar-refractivity contribution in [3.05, 3.63) is 16.1 Å². The molecule has 0 radical (unpaired) electrons. The van der Waals surface area contributed by atoms with Crippen LogP contribution in [0.3, 0.4) is 0 Å². The molecular formula is C11H15N3O2S. The molecule has 1 aliphatic rings. The molecule has 2 amide bonds. The summed E-state index contributed by atoms with van der Waals surface area (Å²) in [6.45, 7) is 1.90. The van der Waals surface area contributed by atoms with E-state index >= 15 is 0 Å². The second-order valence-electron chi connectivity index (χ2n) is 4.27. The summed E-state index contributed by atoms with van der Waals surface area (Å²) in [5, 5.41) is 2.85. The monoisotopic (exact) mass is 253 g/mol. The normalized spacial score (nSPS) is 14.5. The summed E-state index contributed by atoms with van der Waals surface area (Å²) in [5.74, 6) is -0.235. The zero-order chi connectivity index (χ0) is 12.4. The van der Waals surface area contributed by atoms with Gasteiger partial charge in [-0.1, -0.05) is 0 Å². The second kappa shape index (κ2) is 4.83. The van der Waals surface area contributed by atoms with Gasteiger partial charge >= 0.3 is 0 Å². The van der Waals surface area contributed by atoms with Crippen molar-refractivity contribution in [3.63, 3.8) is 0 Å². The molecular weight excluding hydrogens is 238 g/mol. The molecule has 1 saturated carbocycles. The Labute approximate surface area is 104 Å². The summed E-state index contributed by atoms with van der Waals surface area (Å²) >= 11 is 1.31. The molecule has 0 spiro atoms. The van der Waals surface area contributed by atoms with Crippen LogP contribution in [-0.4, -0.2) is 41.3 Å². The summed E-state index contributed by atoms with van der Waals surface area (Å²) in [6, 6.07) is 0.330. The lowest BCUT2D eigenvalue weighted by molar-refractivity contribution is -0.121. The number of hydrogen-bond acceptors (Lipinski definition) is 4. The minimum atomic E-state index is -0.143. The fraction of sp³-hybridized carbons (Fsp3) is 0.545. The van der Waals surface area contributed by atoms with Crippen LogP contribution in [0.25, 0.3) is 0 Å². The zero-order valence-corrected chi connectivity index (χ0v) is 10.7. The molecule has 17 heavy (non-hydrogen) atoms. The van der Waals surface area contributed by atoms with Gasteiger partial charge in [0.25, 0.3) is 5.91 Å². The highest BCUT2D eigenvalue weighted by molar-refractivity contribution is 7.11. The van der Waals surface area contributed by atoms with Gasteiger partial charge < -0.3 is 10.2 Å². The van der Waals surface area contributed by atoms with Crippen molar-refractivity contribution in [1.29, 1.82) is 0 Å². The van der Waals surface area contributed by atoms with Crippen molar-refractivity contribution in [2.75, 3.05) is 13.6 Å². The number of hydrogen-bond donors (Lipinski definition) is 1. The van der Waals surface area contributed by atoms with E-state index in [0.29, 0.717) is 10.9 Å². The quantitative estimate of drug-likeness (QED) is 0.863. The first kappa shape index (κ1) is 12.0. The highest BCUT2D eigenvalue weighted by Gasteiger charge is 2.25. The Morgan fingerprint density at radius 3 is 2.82 bits per heavy atom. The average Bonchev–Trinajstić information content (AvgIpc) is 2.97. The second-order valence-corrected chi connectivity index (χ2v) is 5.12. The Hall–Kier alpha value is -1.43. The number of amides is 2. The molecule has 5 nitrogen and oxygen atoms in total. The van der Waals surface area contributed by atoms with E-state index in [2.05, 4.69) is 10.3 Å². The lowest BCUT2D eigenvalue weighted by Gasteiger charge is -2.15. The maximum Gasteiger partial charge on any atom is 0.266 e. The smallest absolute Gasteiger partial charge is 0.266 e. The summed E-state index contributed by atoms with van der Waals surface area (Å²) in [4.78, 5) is 29.6. The molecule has 0 unspecified atom stereocenters. The van der Waals surface area contributed by atoms with Gasteiger partial charge in [0.05, 0.1) is 17.7 Å². The van der Waals surface area contributed by atoms with Gasteiger partial charge in [0.1, 0.15) is 4.88 Å². The molecule has 0 saturated heterocycles. The van der Waals surface area contributed by atoms with E-state index < -0.39 is 0 Å². The summed E-state index contributed by atoms with van der Waals surface area (Å²) in [5.41, 5.74) is 2.36. The van der Waals surface area contributed by atoms with E-state index in [1.807, 2.05) is 0 Å². The van der Waals surface area contributed by atoms with Crippen molar-refractivity contribution in [2.24, 2.45) is 0 Å². The maximum absolute atomic E-state index is 12.0. The minimum absolute atomic E-state index is 0.0921. The highest BCUT2D eigenvalue weighted by Crippen LogP contribution is 2.18. The predicted molar refractivity (Wildman–Crippen MR) is 65.0 cm³/mol. The number of carbonyl (C=O) groups is 2. The van der Waals surface area contributed by atoms with Crippen LogP contribution < -0.4 is 5.32 Å². The standard InChI is InChI=1S/C11H15N3O2S/c1-7-10(17-6-12-7)11(16)14(2)5-9(15)13-8-3-4-8/h6,8H,3-5H2,1-2H3,(H,13,15). The van der Waals surface area contributed by atoms with Crippen molar-refractivity contribution < 1.29 is 9.59 Å². The average molecular weight is 253 g/mol. The van der Waals surface area contributed by atoms with Crippen LogP contribution in [0.2, 0.25) is 0 Å². The van der Waals surface area contributed by atoms with E-state index in [0.717, 1.165) is 18.5 Å². The molecule has 1 aromatic rings. The van der Waals surface area contributed by atoms with Gasteiger partial charge in [-0.3, -0.25) is 9.59 Å². The van der Waals surface area contributed by atoms with Crippen molar-refractivity contribution in [2.45, 2.75) is 25.8 Å². The number of carbonyl (C=O) groups excluding carboxylic acids is 2. The van der Waals surface area contributed by atoms with E-state index in [1.165, 1.54) is 16.2 Å². The van der Waals surface area contributed by atoms with E-state index in [4.69, 9.17) is 0 Å². The summed E-state index contributed by atoms with van der Waals surface area (Å²) in [7, 11) is 1.63. The molecule has 0 aliphatic heterocycles. The lowest BCUT2D eigenvalue weighted by atomic mass is 10.3. The molecule has 1 N–H and O–H groups in total. The molecule has 0 atom stereocenters. The third-order valence-corrected chi connectivity index (χ3v) is 3.53. The first-order valence-corrected chi connectivity index (χ1v) is 6.41. The van der Waals surface area contributed by atoms with Gasteiger partial charge in [0, 0.05) is 13.1 Å². The van der Waals surface area contributed by atoms with Gasteiger partial charge in [-0.15, -0.1) is 11.3 Å². The van der Waals surface area contributed by atoms with Gasteiger partial charge in [-0.25, -0.2) is 4.98 Å². The van der Waals surface area contributed by atoms with Crippen molar-refractivity contribution in [1.82, 2.24) is 15.2 Å². The van der Waals surface area contributed by atoms with E-state index in [9.17, 15) is 9.59 Å². The largest absolute Gasteiger partial charge is 0.352 e. The maximum atomic E-state index is 12.0. The molecule has 1 fully saturated rings. The lowest BCUT2D eigenvalue weighted by Crippen LogP contribution is -2.39. The van der Waals surface area contributed by atoms with Gasteiger partial charge in [0.15, 0.2) is 0 Å². The van der Waals surface area contributed by atoms with E-state index in [1.54, 1.807) is 19.5 Å². The van der Waals surface area contributed by atoms with Crippen LogP contribution in [0, 0.1) is 6.92 Å². The molecule has 1 aromatic heterocycles. The fourth-order valence-corrected chi connectivity index (χ4v) is 2.26. The van der Waals surface area contributed by atoms with Crippen molar-refractivity contribution in [3.8, 4) is 0 Å². The number of thiazole rings is 1. The molecule has 1 heterocycles. The van der Waals surface area contributed by atoms with E-state index in [-0.39, 0.29) is 18.4 Å². The summed E-state index contributed by atoms with van der Waals surface area (Å²) in [6.07, 6.45) is 2.11. The predicted octanol–water partition coefficient (Wildman–Crippen LogP) is 0.802. The number of rotatable bonds is 4. The highest BCUT2D eigenvalue weighted by atomic mass is 32.1. The molecule has 0 bridgehead atoms. The van der Waals surface area contributed by atoms with Crippen LogP contribution in [-0.2, 0) is 4.79 Å². The van der Waals surface area contributed by atoms with Crippen LogP contribution in [0.5, 0.6) is 0 Å². The third kappa shape index (κ3) is 3.03. The third-order valence-electron chi connectivity index (χ3n) is 2.61. The molecule has 2 rings (SSSR count). The molecule has 0 aromatic carbocycles. The number of aryl methyl sites for hydroxylation is 1. The summed E-state index contributed by atoms with van der Waals surface area (Å²) < 4.78 is 0. The van der Waals surface area contributed by atoms with Gasteiger partial charge in [-0.05, 0) is 19.8 Å². The Morgan fingerprint density at radius 2 is 2.29 bits per heavy atom. The fourth-order valence-electron chi connectivity index (χ4n) is 1.47. The Morgan fingerprint density at radius 1 is 1.59 bits per heavy atom. The van der Waals surface area contributed by atoms with Crippen LogP contribution in [0.15, 0.2) is 5.51 Å². The van der Waals surface area contributed by atoms with Crippen molar-refractivity contribution >= 4 is 23.2 Å². The Balaban J connectivity index is 1.90. The molecule has 6 heteroatoms. The first-order valence-electron chi connectivity index (χ1n) is 5.53. The topological polar surface area (TPSA) is 62.3 Å². The van der Waals surface area contributed by atoms with Gasteiger partial charge in [0.2, 0.25) is 5.91 Å². The number of nitrogens with zero attached hydrogens (tertiary/aromatic N) is 2.